The zero-order valence-electron chi connectivity index (χ0n) is 16.6. The third-order valence-electron chi connectivity index (χ3n) is 4.69. The zero-order valence-corrected chi connectivity index (χ0v) is 17.4. The first-order valence-electron chi connectivity index (χ1n) is 9.76. The van der Waals surface area contributed by atoms with Crippen LogP contribution in [-0.2, 0) is 9.59 Å². The number of aromatic nitrogens is 1. The molecule has 3 aromatic rings. The second-order valence-corrected chi connectivity index (χ2v) is 7.70. The summed E-state index contributed by atoms with van der Waals surface area (Å²) in [6.07, 6.45) is 1.89. The van der Waals surface area contributed by atoms with Gasteiger partial charge < -0.3 is 11.1 Å². The van der Waals surface area contributed by atoms with Crippen molar-refractivity contribution in [1.29, 1.82) is 0 Å². The second kappa shape index (κ2) is 9.93. The molecule has 0 spiro atoms. The van der Waals surface area contributed by atoms with E-state index in [9.17, 15) is 14.4 Å². The molecule has 0 aliphatic rings. The maximum absolute atomic E-state index is 13.0. The standard InChI is InChI=1S/C23H23N3O3S/c1-2-3-13-18(20(27)21(24)28)25-22(29)16-11-7-8-12-17(16)23-26-19(14-30-23)15-9-5-4-6-10-15/h4-12,14,18H,2-3,13H2,1H3,(H2,24,28)(H,25,29). The Morgan fingerprint density at radius 1 is 1.07 bits per heavy atom. The van der Waals surface area contributed by atoms with Crippen molar-refractivity contribution in [2.24, 2.45) is 5.73 Å². The van der Waals surface area contributed by atoms with Gasteiger partial charge in [0.2, 0.25) is 5.78 Å². The fourth-order valence-corrected chi connectivity index (χ4v) is 3.96. The van der Waals surface area contributed by atoms with E-state index in [4.69, 9.17) is 5.73 Å². The molecule has 154 valence electrons. The third-order valence-corrected chi connectivity index (χ3v) is 5.56. The van der Waals surface area contributed by atoms with E-state index in [0.29, 0.717) is 29.0 Å². The van der Waals surface area contributed by atoms with Crippen LogP contribution in [0.2, 0.25) is 0 Å². The molecule has 6 nitrogen and oxygen atoms in total. The predicted molar refractivity (Wildman–Crippen MR) is 118 cm³/mol. The molecule has 3 rings (SSSR count). The van der Waals surface area contributed by atoms with Gasteiger partial charge in [0.1, 0.15) is 5.01 Å². The van der Waals surface area contributed by atoms with E-state index in [1.54, 1.807) is 12.1 Å². The number of unbranched alkanes of at least 4 members (excludes halogenated alkanes) is 1. The lowest BCUT2D eigenvalue weighted by Crippen LogP contribution is -2.46. The molecule has 3 N–H and O–H groups in total. The monoisotopic (exact) mass is 421 g/mol. The highest BCUT2D eigenvalue weighted by molar-refractivity contribution is 7.13. The fourth-order valence-electron chi connectivity index (χ4n) is 3.09. The molecule has 0 aliphatic heterocycles. The van der Waals surface area contributed by atoms with Gasteiger partial charge >= 0.3 is 0 Å². The number of rotatable bonds is 9. The van der Waals surface area contributed by atoms with Crippen LogP contribution in [0.4, 0.5) is 0 Å². The highest BCUT2D eigenvalue weighted by Crippen LogP contribution is 2.31. The predicted octanol–water partition coefficient (Wildman–Crippen LogP) is 3.82. The summed E-state index contributed by atoms with van der Waals surface area (Å²) in [4.78, 5) is 41.2. The van der Waals surface area contributed by atoms with E-state index in [0.717, 1.165) is 17.7 Å². The van der Waals surface area contributed by atoms with Gasteiger partial charge in [0.25, 0.3) is 11.8 Å². The van der Waals surface area contributed by atoms with Crippen molar-refractivity contribution in [3.63, 3.8) is 0 Å². The maximum atomic E-state index is 13.0. The van der Waals surface area contributed by atoms with Crippen molar-refractivity contribution >= 4 is 28.9 Å². The Morgan fingerprint density at radius 2 is 1.77 bits per heavy atom. The lowest BCUT2D eigenvalue weighted by atomic mass is 10.0. The van der Waals surface area contributed by atoms with Crippen LogP contribution in [-0.4, -0.2) is 28.6 Å². The van der Waals surface area contributed by atoms with E-state index in [1.165, 1.54) is 11.3 Å². The summed E-state index contributed by atoms with van der Waals surface area (Å²) >= 11 is 1.44. The minimum Gasteiger partial charge on any atom is -0.363 e. The average molecular weight is 422 g/mol. The zero-order chi connectivity index (χ0) is 21.5. The number of nitrogens with two attached hydrogens (primary N) is 1. The van der Waals surface area contributed by atoms with Crippen LogP contribution in [0.3, 0.4) is 0 Å². The van der Waals surface area contributed by atoms with Gasteiger partial charge in [-0.1, -0.05) is 68.3 Å². The number of Topliss-reactive ketones (excluding diaryl/α,β-unsaturated/α-hetero) is 1. The number of amides is 2. The van der Waals surface area contributed by atoms with Gasteiger partial charge in [-0.15, -0.1) is 11.3 Å². The summed E-state index contributed by atoms with van der Waals surface area (Å²) in [5.41, 5.74) is 8.04. The van der Waals surface area contributed by atoms with Gasteiger partial charge in [-0.05, 0) is 12.5 Å². The van der Waals surface area contributed by atoms with Crippen LogP contribution in [0.5, 0.6) is 0 Å². The molecular weight excluding hydrogens is 398 g/mol. The quantitative estimate of drug-likeness (QED) is 0.513. The largest absolute Gasteiger partial charge is 0.363 e. The smallest absolute Gasteiger partial charge is 0.287 e. The number of carbonyl (C=O) groups excluding carboxylic acids is 3. The van der Waals surface area contributed by atoms with E-state index in [-0.39, 0.29) is 0 Å². The second-order valence-electron chi connectivity index (χ2n) is 6.85. The number of primary amides is 1. The number of benzene rings is 2. The molecule has 0 radical (unpaired) electrons. The van der Waals surface area contributed by atoms with Crippen LogP contribution in [0.1, 0.15) is 36.5 Å². The van der Waals surface area contributed by atoms with Gasteiger partial charge in [-0.3, -0.25) is 14.4 Å². The number of nitrogens with zero attached hydrogens (tertiary/aromatic N) is 1. The Balaban J connectivity index is 1.87. The first-order valence-corrected chi connectivity index (χ1v) is 10.6. The molecule has 1 atom stereocenters. The number of thiazole rings is 1. The summed E-state index contributed by atoms with van der Waals surface area (Å²) in [5, 5.41) is 5.33. The van der Waals surface area contributed by atoms with Gasteiger partial charge in [0, 0.05) is 22.1 Å². The van der Waals surface area contributed by atoms with Gasteiger partial charge in [0.05, 0.1) is 11.7 Å². The first-order chi connectivity index (χ1) is 14.5. The average Bonchev–Trinajstić information content (AvgIpc) is 3.26. The van der Waals surface area contributed by atoms with Gasteiger partial charge in [-0.25, -0.2) is 4.98 Å². The molecule has 1 unspecified atom stereocenters. The molecule has 1 heterocycles. The minimum atomic E-state index is -1.04. The summed E-state index contributed by atoms with van der Waals surface area (Å²) in [5.74, 6) is -2.26. The van der Waals surface area contributed by atoms with Crippen LogP contribution in [0.25, 0.3) is 21.8 Å². The third kappa shape index (κ3) is 4.99. The number of ketones is 1. The van der Waals surface area contributed by atoms with E-state index in [1.807, 2.05) is 54.8 Å². The fraction of sp³-hybridized carbons (Fsp3) is 0.217. The molecule has 0 fully saturated rings. The Morgan fingerprint density at radius 3 is 2.47 bits per heavy atom. The Bertz CT molecular complexity index is 1050. The number of nitrogens with one attached hydrogen (secondary N) is 1. The van der Waals surface area contributed by atoms with Crippen molar-refractivity contribution in [3.8, 4) is 21.8 Å². The Labute approximate surface area is 179 Å². The summed E-state index contributed by atoms with van der Waals surface area (Å²) in [6.45, 7) is 1.97. The molecule has 1 aromatic heterocycles. The normalized spacial score (nSPS) is 11.6. The van der Waals surface area contributed by atoms with Crippen molar-refractivity contribution < 1.29 is 14.4 Å². The minimum absolute atomic E-state index is 0.363. The molecule has 7 heteroatoms. The molecule has 2 aromatic carbocycles. The lowest BCUT2D eigenvalue weighted by molar-refractivity contribution is -0.137. The van der Waals surface area contributed by atoms with Gasteiger partial charge in [0.15, 0.2) is 0 Å². The lowest BCUT2D eigenvalue weighted by Gasteiger charge is -2.17. The van der Waals surface area contributed by atoms with Crippen LogP contribution < -0.4 is 11.1 Å². The molecule has 0 saturated heterocycles. The maximum Gasteiger partial charge on any atom is 0.287 e. The molecule has 0 bridgehead atoms. The van der Waals surface area contributed by atoms with Crippen LogP contribution in [0, 0.1) is 0 Å². The molecular formula is C23H23N3O3S. The van der Waals surface area contributed by atoms with Crippen LogP contribution in [0.15, 0.2) is 60.0 Å². The molecule has 2 amide bonds. The highest BCUT2D eigenvalue weighted by atomic mass is 32.1. The molecule has 30 heavy (non-hydrogen) atoms. The van der Waals surface area contributed by atoms with Crippen molar-refractivity contribution in [1.82, 2.24) is 10.3 Å². The van der Waals surface area contributed by atoms with Crippen molar-refractivity contribution in [3.05, 3.63) is 65.5 Å². The summed E-state index contributed by atoms with van der Waals surface area (Å²) < 4.78 is 0. The van der Waals surface area contributed by atoms with Crippen molar-refractivity contribution in [2.45, 2.75) is 32.2 Å². The molecule has 0 aliphatic carbocycles. The summed E-state index contributed by atoms with van der Waals surface area (Å²) in [7, 11) is 0. The Kier molecular flexibility index (Phi) is 7.08. The first kappa shape index (κ1) is 21.4. The topological polar surface area (TPSA) is 102 Å². The highest BCUT2D eigenvalue weighted by Gasteiger charge is 2.26. The number of hydrogen-bond donors (Lipinski definition) is 2. The SMILES string of the molecule is CCCCC(NC(=O)c1ccccc1-c1nc(-c2ccccc2)cs1)C(=O)C(N)=O. The van der Waals surface area contributed by atoms with E-state index in [2.05, 4.69) is 10.3 Å². The van der Waals surface area contributed by atoms with Crippen LogP contribution >= 0.6 is 11.3 Å². The van der Waals surface area contributed by atoms with Gasteiger partial charge in [-0.2, -0.15) is 0 Å². The molecule has 0 saturated carbocycles. The van der Waals surface area contributed by atoms with E-state index < -0.39 is 23.6 Å². The Hall–Kier alpha value is -3.32. The number of hydrogen-bond acceptors (Lipinski definition) is 5. The summed E-state index contributed by atoms with van der Waals surface area (Å²) in [6, 6.07) is 15.9. The van der Waals surface area contributed by atoms with Crippen molar-refractivity contribution in [2.75, 3.05) is 0 Å². The number of carbonyl (C=O) groups is 3. The van der Waals surface area contributed by atoms with E-state index >= 15 is 0 Å².